The fourth-order valence-corrected chi connectivity index (χ4v) is 4.76. The predicted molar refractivity (Wildman–Crippen MR) is 35.7 cm³/mol. The summed E-state index contributed by atoms with van der Waals surface area (Å²) < 4.78 is 2.60. The molecule has 0 bridgehead atoms. The molecule has 0 saturated heterocycles. The molecule has 10 heavy (non-hydrogen) atoms. The third-order valence-electron chi connectivity index (χ3n) is 1.06. The number of aliphatic hydroxyl groups is 3. The molecule has 0 fully saturated rings. The Morgan fingerprint density at radius 2 is 1.00 bits per heavy atom. The zero-order chi connectivity index (χ0) is 7.82. The Morgan fingerprint density at radius 3 is 1.20 bits per heavy atom. The van der Waals surface area contributed by atoms with E-state index in [0.717, 1.165) is 2.45 Å². The van der Waals surface area contributed by atoms with Gasteiger partial charge in [-0.2, -0.15) is 0 Å². The molecule has 0 amide bonds. The van der Waals surface area contributed by atoms with Crippen molar-refractivity contribution in [2.24, 2.45) is 0 Å². The van der Waals surface area contributed by atoms with Crippen molar-refractivity contribution in [2.75, 3.05) is 19.8 Å². The number of hydrogen-bond donors (Lipinski definition) is 3. The molecule has 0 aliphatic carbocycles. The first-order chi connectivity index (χ1) is 4.85. The van der Waals surface area contributed by atoms with E-state index >= 15 is 0 Å². The Labute approximate surface area is 78.6 Å². The SMILES string of the molecule is OC[CH2][Eu]([CH2]CO)[CH2]CO. The fourth-order valence-electron chi connectivity index (χ4n) is 0.642. The van der Waals surface area contributed by atoms with Crippen LogP contribution in [-0.4, -0.2) is 35.1 Å². The van der Waals surface area contributed by atoms with Gasteiger partial charge in [-0.1, -0.05) is 0 Å². The van der Waals surface area contributed by atoms with Gasteiger partial charge in [-0.25, -0.2) is 0 Å². The van der Waals surface area contributed by atoms with E-state index in [-0.39, 0.29) is 19.8 Å². The first-order valence-corrected chi connectivity index (χ1v) is 8.39. The molecule has 0 aromatic rings. The van der Waals surface area contributed by atoms with Crippen LogP contribution in [0.2, 0.25) is 2.45 Å². The molecule has 0 unspecified atom stereocenters. The minimum atomic E-state index is -1.40. The van der Waals surface area contributed by atoms with Gasteiger partial charge in [0.15, 0.2) is 0 Å². The van der Waals surface area contributed by atoms with Crippen molar-refractivity contribution in [2.45, 2.75) is 2.45 Å². The average molecular weight is 287 g/mol. The number of hydrogen-bond acceptors (Lipinski definition) is 3. The van der Waals surface area contributed by atoms with E-state index in [2.05, 4.69) is 0 Å². The van der Waals surface area contributed by atoms with Crippen LogP contribution in [0.1, 0.15) is 0 Å². The molecule has 0 spiro atoms. The summed E-state index contributed by atoms with van der Waals surface area (Å²) in [7, 11) is 0. The van der Waals surface area contributed by atoms with Crippen LogP contribution in [0, 0.1) is 42.3 Å². The first-order valence-electron chi connectivity index (χ1n) is 3.25. The van der Waals surface area contributed by atoms with E-state index < -0.39 is 42.3 Å². The average Bonchev–Trinajstić information content (AvgIpc) is 1.90. The second kappa shape index (κ2) is 8.56. The van der Waals surface area contributed by atoms with Gasteiger partial charge in [0.05, 0.1) is 0 Å². The topological polar surface area (TPSA) is 60.7 Å². The summed E-state index contributed by atoms with van der Waals surface area (Å²) in [6.07, 6.45) is 0. The number of rotatable bonds is 6. The monoisotopic (exact) mass is 288 g/mol. The van der Waals surface area contributed by atoms with Gasteiger partial charge in [0.2, 0.25) is 0 Å². The van der Waals surface area contributed by atoms with Crippen molar-refractivity contribution < 1.29 is 57.6 Å². The van der Waals surface area contributed by atoms with Crippen molar-refractivity contribution >= 4 is 0 Å². The van der Waals surface area contributed by atoms with Crippen molar-refractivity contribution in [1.29, 1.82) is 0 Å². The fraction of sp³-hybridized carbons (Fsp3) is 1.00. The molecule has 3 nitrogen and oxygen atoms in total. The third-order valence-corrected chi connectivity index (χ3v) is 7.83. The molecule has 0 radical (unpaired) electrons. The molecule has 0 aromatic carbocycles. The van der Waals surface area contributed by atoms with E-state index in [1.807, 2.05) is 0 Å². The molecule has 0 saturated carbocycles. The van der Waals surface area contributed by atoms with E-state index in [9.17, 15) is 0 Å². The van der Waals surface area contributed by atoms with Crippen LogP contribution in [0.15, 0.2) is 0 Å². The Balaban J connectivity index is 3.30. The van der Waals surface area contributed by atoms with Crippen molar-refractivity contribution in [3.8, 4) is 0 Å². The van der Waals surface area contributed by atoms with Crippen LogP contribution in [-0.2, 0) is 0 Å². The van der Waals surface area contributed by atoms with Crippen molar-refractivity contribution in [3.05, 3.63) is 0 Å². The molecule has 0 aliphatic heterocycles. The molecule has 3 N–H and O–H groups in total. The Hall–Kier alpha value is 1.46. The van der Waals surface area contributed by atoms with E-state index in [4.69, 9.17) is 15.3 Å². The molecular weight excluding hydrogens is 272 g/mol. The molecular formula is C6H15EuO3. The summed E-state index contributed by atoms with van der Waals surface area (Å²) in [6.45, 7) is 0.677. The molecule has 0 rings (SSSR count). The van der Waals surface area contributed by atoms with Gasteiger partial charge in [-0.15, -0.1) is 0 Å². The van der Waals surface area contributed by atoms with Crippen LogP contribution in [0.25, 0.3) is 0 Å². The zero-order valence-electron chi connectivity index (χ0n) is 5.96. The zero-order valence-corrected chi connectivity index (χ0v) is 8.39. The van der Waals surface area contributed by atoms with Gasteiger partial charge in [0, 0.05) is 0 Å². The van der Waals surface area contributed by atoms with Gasteiger partial charge in [-0.05, 0) is 0 Å². The summed E-state index contributed by atoms with van der Waals surface area (Å²) in [4.78, 5) is 0. The second-order valence-electron chi connectivity index (χ2n) is 1.80. The van der Waals surface area contributed by atoms with Crippen molar-refractivity contribution in [3.63, 3.8) is 0 Å². The Morgan fingerprint density at radius 1 is 0.700 bits per heavy atom. The summed E-state index contributed by atoms with van der Waals surface area (Å²) in [5.41, 5.74) is 0. The second-order valence-corrected chi connectivity index (χ2v) is 9.08. The summed E-state index contributed by atoms with van der Waals surface area (Å²) in [5, 5.41) is 25.7. The molecule has 0 aliphatic rings. The normalized spacial score (nSPS) is 11.7. The van der Waals surface area contributed by atoms with E-state index in [1.54, 1.807) is 0 Å². The predicted octanol–water partition coefficient (Wildman–Crippen LogP) is -0.161. The molecule has 0 atom stereocenters. The van der Waals surface area contributed by atoms with Crippen LogP contribution >= 0.6 is 0 Å². The van der Waals surface area contributed by atoms with Crippen LogP contribution < -0.4 is 0 Å². The Kier molecular flexibility index (Phi) is 9.81. The van der Waals surface area contributed by atoms with Crippen LogP contribution in [0.3, 0.4) is 0 Å². The minimum absolute atomic E-state index is 0.226. The standard InChI is InChI=1S/3C2H5O.Eu/c3*1-2-3;/h3*3H,1-2H2;. The summed E-state index contributed by atoms with van der Waals surface area (Å²) >= 11 is -1.40. The maximum absolute atomic E-state index is 8.57. The third kappa shape index (κ3) is 6.19. The van der Waals surface area contributed by atoms with Crippen LogP contribution in [0.4, 0.5) is 0 Å². The first kappa shape index (κ1) is 11.5. The molecule has 64 valence electrons. The molecule has 0 heterocycles. The number of aliphatic hydroxyl groups excluding tert-OH is 3. The summed E-state index contributed by atoms with van der Waals surface area (Å²) in [6, 6.07) is 0. The quantitative estimate of drug-likeness (QED) is 0.636. The van der Waals surface area contributed by atoms with E-state index in [1.165, 1.54) is 0 Å². The van der Waals surface area contributed by atoms with Crippen LogP contribution in [0.5, 0.6) is 0 Å². The van der Waals surface area contributed by atoms with Gasteiger partial charge < -0.3 is 0 Å². The van der Waals surface area contributed by atoms with Gasteiger partial charge in [-0.3, -0.25) is 0 Å². The molecule has 0 aromatic heterocycles. The summed E-state index contributed by atoms with van der Waals surface area (Å²) in [5.74, 6) is 0. The van der Waals surface area contributed by atoms with Gasteiger partial charge in [0.1, 0.15) is 0 Å². The van der Waals surface area contributed by atoms with Crippen molar-refractivity contribution in [1.82, 2.24) is 0 Å². The Bertz CT molecular complexity index is 55.7. The van der Waals surface area contributed by atoms with E-state index in [0.29, 0.717) is 0 Å². The maximum atomic E-state index is 8.57. The van der Waals surface area contributed by atoms with Gasteiger partial charge in [0.25, 0.3) is 0 Å². The van der Waals surface area contributed by atoms with Gasteiger partial charge >= 0.3 is 79.9 Å². The molecule has 4 heteroatoms.